The van der Waals surface area contributed by atoms with Crippen LogP contribution in [0.4, 0.5) is 0 Å². The maximum absolute atomic E-state index is 12.3. The van der Waals surface area contributed by atoms with Crippen molar-refractivity contribution in [3.05, 3.63) is 35.4 Å². The van der Waals surface area contributed by atoms with Gasteiger partial charge in [0.2, 0.25) is 0 Å². The highest BCUT2D eigenvalue weighted by atomic mass is 32.2. The summed E-state index contributed by atoms with van der Waals surface area (Å²) in [4.78, 5) is 12.3. The van der Waals surface area contributed by atoms with Crippen molar-refractivity contribution in [3.8, 4) is 0 Å². The molecule has 0 bridgehead atoms. The number of aryl methyl sites for hydroxylation is 1. The van der Waals surface area contributed by atoms with Crippen LogP contribution in [-0.2, 0) is 19.4 Å². The minimum absolute atomic E-state index is 0.0396. The molecule has 21 heavy (non-hydrogen) atoms. The number of hydrogen-bond donors (Lipinski definition) is 1. The standard InChI is InChI=1S/C15H21NO4S/c1-4-20-14(17)15(9-16)12(13(15)21(3,18)19)11-7-5-10(2)6-8-11/h5-8,12-13H,4,9,16H2,1-3H3/t12-,13+,15+/m1/s1. The molecule has 1 aromatic carbocycles. The van der Waals surface area contributed by atoms with E-state index in [2.05, 4.69) is 0 Å². The van der Waals surface area contributed by atoms with Gasteiger partial charge in [-0.1, -0.05) is 29.8 Å². The Morgan fingerprint density at radius 1 is 1.33 bits per heavy atom. The van der Waals surface area contributed by atoms with Crippen molar-refractivity contribution in [2.24, 2.45) is 11.1 Å². The first kappa shape index (κ1) is 16.0. The maximum Gasteiger partial charge on any atom is 0.315 e. The third kappa shape index (κ3) is 2.58. The molecule has 1 aliphatic carbocycles. The van der Waals surface area contributed by atoms with Gasteiger partial charge >= 0.3 is 5.97 Å². The zero-order chi connectivity index (χ0) is 15.8. The van der Waals surface area contributed by atoms with Crippen LogP contribution in [0.2, 0.25) is 0 Å². The highest BCUT2D eigenvalue weighted by molar-refractivity contribution is 7.91. The smallest absolute Gasteiger partial charge is 0.315 e. The van der Waals surface area contributed by atoms with Gasteiger partial charge in [0, 0.05) is 18.7 Å². The second-order valence-electron chi connectivity index (χ2n) is 5.60. The highest BCUT2D eigenvalue weighted by Crippen LogP contribution is 2.62. The molecule has 1 saturated carbocycles. The Kier molecular flexibility index (Phi) is 4.13. The van der Waals surface area contributed by atoms with Crippen LogP contribution in [0.15, 0.2) is 24.3 Å². The third-order valence-electron chi connectivity index (χ3n) is 4.15. The Morgan fingerprint density at radius 3 is 2.33 bits per heavy atom. The zero-order valence-corrected chi connectivity index (χ0v) is 13.3. The summed E-state index contributed by atoms with van der Waals surface area (Å²) in [5.74, 6) is -0.953. The molecule has 1 aromatic rings. The van der Waals surface area contributed by atoms with Crippen LogP contribution in [0, 0.1) is 12.3 Å². The molecule has 0 radical (unpaired) electrons. The van der Waals surface area contributed by atoms with E-state index >= 15 is 0 Å². The number of benzene rings is 1. The van der Waals surface area contributed by atoms with E-state index in [1.807, 2.05) is 31.2 Å². The van der Waals surface area contributed by atoms with Crippen molar-refractivity contribution in [3.63, 3.8) is 0 Å². The Balaban J connectivity index is 2.47. The lowest BCUT2D eigenvalue weighted by molar-refractivity contribution is -0.149. The average Bonchev–Trinajstić information content (AvgIpc) is 3.10. The van der Waals surface area contributed by atoms with Gasteiger partial charge < -0.3 is 10.5 Å². The number of carbonyl (C=O) groups is 1. The summed E-state index contributed by atoms with van der Waals surface area (Å²) in [5.41, 5.74) is 6.51. The van der Waals surface area contributed by atoms with E-state index in [1.165, 1.54) is 0 Å². The fraction of sp³-hybridized carbons (Fsp3) is 0.533. The molecule has 1 aliphatic rings. The van der Waals surface area contributed by atoms with Crippen molar-refractivity contribution in [1.29, 1.82) is 0 Å². The number of esters is 1. The summed E-state index contributed by atoms with van der Waals surface area (Å²) >= 11 is 0. The van der Waals surface area contributed by atoms with Crippen molar-refractivity contribution in [2.75, 3.05) is 19.4 Å². The molecular formula is C15H21NO4S. The van der Waals surface area contributed by atoms with Gasteiger partial charge in [0.05, 0.1) is 11.9 Å². The predicted molar refractivity (Wildman–Crippen MR) is 80.7 cm³/mol. The summed E-state index contributed by atoms with van der Waals surface area (Å²) in [7, 11) is -3.40. The van der Waals surface area contributed by atoms with Crippen LogP contribution in [0.25, 0.3) is 0 Å². The molecule has 6 heteroatoms. The van der Waals surface area contributed by atoms with E-state index in [9.17, 15) is 13.2 Å². The fourth-order valence-electron chi connectivity index (χ4n) is 3.11. The molecule has 0 aromatic heterocycles. The Bertz CT molecular complexity index is 638. The second-order valence-corrected chi connectivity index (χ2v) is 7.77. The summed E-state index contributed by atoms with van der Waals surface area (Å²) in [5, 5.41) is -0.809. The molecule has 0 saturated heterocycles. The van der Waals surface area contributed by atoms with Crippen molar-refractivity contribution < 1.29 is 17.9 Å². The largest absolute Gasteiger partial charge is 0.465 e. The van der Waals surface area contributed by atoms with E-state index in [1.54, 1.807) is 6.92 Å². The van der Waals surface area contributed by atoms with E-state index in [0.29, 0.717) is 0 Å². The second kappa shape index (κ2) is 5.42. The first-order valence-corrected chi connectivity index (χ1v) is 8.87. The monoisotopic (exact) mass is 311 g/mol. The quantitative estimate of drug-likeness (QED) is 0.820. The molecule has 0 heterocycles. The Labute approximate surface area is 125 Å². The van der Waals surface area contributed by atoms with Crippen LogP contribution in [0.5, 0.6) is 0 Å². The Hall–Kier alpha value is -1.40. The summed E-state index contributed by atoms with van der Waals surface area (Å²) in [6.45, 7) is 3.81. The van der Waals surface area contributed by atoms with Crippen LogP contribution >= 0.6 is 0 Å². The van der Waals surface area contributed by atoms with E-state index in [0.717, 1.165) is 17.4 Å². The number of rotatable bonds is 5. The SMILES string of the molecule is CCOC(=O)[C@@]1(CN)[C@H](c2ccc(C)cc2)[C@@H]1S(C)(=O)=O. The minimum atomic E-state index is -3.40. The lowest BCUT2D eigenvalue weighted by Gasteiger charge is -2.14. The predicted octanol–water partition coefficient (Wildman–Crippen LogP) is 1.01. The van der Waals surface area contributed by atoms with Gasteiger partial charge in [0.15, 0.2) is 9.84 Å². The van der Waals surface area contributed by atoms with Crippen molar-refractivity contribution in [2.45, 2.75) is 25.0 Å². The first-order chi connectivity index (χ1) is 9.79. The molecule has 5 nitrogen and oxygen atoms in total. The van der Waals surface area contributed by atoms with Crippen LogP contribution in [0.3, 0.4) is 0 Å². The highest BCUT2D eigenvalue weighted by Gasteiger charge is 2.74. The van der Waals surface area contributed by atoms with E-state index < -0.39 is 32.4 Å². The molecule has 0 aliphatic heterocycles. The molecule has 116 valence electrons. The summed E-state index contributed by atoms with van der Waals surface area (Å²) in [6, 6.07) is 7.52. The number of hydrogen-bond acceptors (Lipinski definition) is 5. The van der Waals surface area contributed by atoms with Gasteiger partial charge in [0.25, 0.3) is 0 Å². The molecule has 1 fully saturated rings. The molecular weight excluding hydrogens is 290 g/mol. The lowest BCUT2D eigenvalue weighted by atomic mass is 9.98. The average molecular weight is 311 g/mol. The van der Waals surface area contributed by atoms with Gasteiger partial charge in [-0.25, -0.2) is 8.42 Å². The van der Waals surface area contributed by atoms with Crippen molar-refractivity contribution in [1.82, 2.24) is 0 Å². The molecule has 2 rings (SSSR count). The molecule has 0 spiro atoms. The van der Waals surface area contributed by atoms with Gasteiger partial charge in [-0.05, 0) is 19.4 Å². The zero-order valence-electron chi connectivity index (χ0n) is 12.5. The minimum Gasteiger partial charge on any atom is -0.465 e. The number of carbonyl (C=O) groups excluding carboxylic acids is 1. The van der Waals surface area contributed by atoms with E-state index in [-0.39, 0.29) is 13.2 Å². The fourth-order valence-corrected chi connectivity index (χ4v) is 5.03. The van der Waals surface area contributed by atoms with E-state index in [4.69, 9.17) is 10.5 Å². The maximum atomic E-state index is 12.3. The van der Waals surface area contributed by atoms with Gasteiger partial charge in [-0.2, -0.15) is 0 Å². The number of ether oxygens (including phenoxy) is 1. The molecule has 3 atom stereocenters. The van der Waals surface area contributed by atoms with Crippen LogP contribution < -0.4 is 5.73 Å². The normalized spacial score (nSPS) is 28.2. The van der Waals surface area contributed by atoms with Gasteiger partial charge in [-0.15, -0.1) is 0 Å². The summed E-state index contributed by atoms with van der Waals surface area (Å²) in [6.07, 6.45) is 1.15. The molecule has 0 amide bonds. The van der Waals surface area contributed by atoms with Crippen molar-refractivity contribution >= 4 is 15.8 Å². The topological polar surface area (TPSA) is 86.5 Å². The first-order valence-electron chi connectivity index (χ1n) is 6.91. The number of sulfone groups is 1. The number of nitrogens with two attached hydrogens (primary N) is 1. The molecule has 0 unspecified atom stereocenters. The summed E-state index contributed by atoms with van der Waals surface area (Å²) < 4.78 is 29.2. The van der Waals surface area contributed by atoms with Crippen LogP contribution in [0.1, 0.15) is 24.0 Å². The van der Waals surface area contributed by atoms with Crippen LogP contribution in [-0.4, -0.2) is 39.0 Å². The molecule has 2 N–H and O–H groups in total. The lowest BCUT2D eigenvalue weighted by Crippen LogP contribution is -2.33. The Morgan fingerprint density at radius 2 is 1.90 bits per heavy atom. The van der Waals surface area contributed by atoms with Gasteiger partial charge in [-0.3, -0.25) is 4.79 Å². The third-order valence-corrected chi connectivity index (χ3v) is 5.76. The van der Waals surface area contributed by atoms with Gasteiger partial charge in [0.1, 0.15) is 5.41 Å².